The Morgan fingerprint density at radius 3 is 2.51 bits per heavy atom. The van der Waals surface area contributed by atoms with Gasteiger partial charge >= 0.3 is 12.0 Å². The maximum Gasteiger partial charge on any atom is 0.342 e. The van der Waals surface area contributed by atoms with E-state index < -0.39 is 23.7 Å². The molecule has 2 aromatic carbocycles. The predicted molar refractivity (Wildman–Crippen MR) is 142 cm³/mol. The minimum absolute atomic E-state index is 0.00489. The molecule has 1 saturated heterocycles. The third kappa shape index (κ3) is 6.55. The molecule has 4 rings (SSSR count). The summed E-state index contributed by atoms with van der Waals surface area (Å²) in [4.78, 5) is 51.7. The Balaban J connectivity index is 1.57. The fraction of sp³-hybridized carbons (Fsp3) is 0.321. The molecule has 3 aromatic rings. The predicted octanol–water partition coefficient (Wildman–Crippen LogP) is 3.77. The molecule has 1 fully saturated rings. The molecular weight excluding hydrogens is 505 g/mol. The summed E-state index contributed by atoms with van der Waals surface area (Å²) in [5.41, 5.74) is 1.28. The number of anilines is 1. The Bertz CT molecular complexity index is 1350. The molecule has 1 atom stereocenters. The highest BCUT2D eigenvalue weighted by atomic mass is 19.1. The van der Waals surface area contributed by atoms with E-state index in [1.165, 1.54) is 25.3 Å². The van der Waals surface area contributed by atoms with E-state index in [4.69, 9.17) is 9.47 Å². The lowest BCUT2D eigenvalue weighted by molar-refractivity contribution is 0.0378. The summed E-state index contributed by atoms with van der Waals surface area (Å²) in [5, 5.41) is 2.69. The molecule has 10 nitrogen and oxygen atoms in total. The van der Waals surface area contributed by atoms with Crippen LogP contribution in [0.4, 0.5) is 14.9 Å². The van der Waals surface area contributed by atoms with E-state index in [2.05, 4.69) is 15.3 Å². The van der Waals surface area contributed by atoms with E-state index in [-0.39, 0.29) is 50.1 Å². The molecule has 1 aliphatic heterocycles. The van der Waals surface area contributed by atoms with Gasteiger partial charge < -0.3 is 24.6 Å². The van der Waals surface area contributed by atoms with Crippen molar-refractivity contribution in [3.8, 4) is 11.4 Å². The van der Waals surface area contributed by atoms with Gasteiger partial charge in [0.25, 0.3) is 5.91 Å². The number of carbonyl (C=O) groups excluding carboxylic acids is 3. The lowest BCUT2D eigenvalue weighted by Crippen LogP contribution is -2.56. The number of hydrogen-bond donors (Lipinski definition) is 1. The lowest BCUT2D eigenvalue weighted by atomic mass is 10.1. The van der Waals surface area contributed by atoms with E-state index in [0.29, 0.717) is 22.8 Å². The van der Waals surface area contributed by atoms with Gasteiger partial charge in [-0.25, -0.2) is 23.9 Å². The zero-order chi connectivity index (χ0) is 27.9. The van der Waals surface area contributed by atoms with Gasteiger partial charge in [0.05, 0.1) is 12.3 Å². The number of rotatable bonds is 7. The standard InChI is InChI=1S/C28H30FN5O5/c1-18-17-33(12-13-34(18)28(37)31-22-11-7-10-21(29)16-22)26(35)24-23(27(36)39-15-14-38-3)19(2)30-25(32-24)20-8-5-4-6-9-20/h4-11,16,18H,12-15,17H2,1-3H3,(H,31,37). The van der Waals surface area contributed by atoms with Crippen LogP contribution in [0, 0.1) is 12.7 Å². The first-order chi connectivity index (χ1) is 18.8. The van der Waals surface area contributed by atoms with Crippen LogP contribution in [-0.4, -0.2) is 83.7 Å². The highest BCUT2D eigenvalue weighted by Crippen LogP contribution is 2.23. The van der Waals surface area contributed by atoms with Crippen LogP contribution in [0.5, 0.6) is 0 Å². The Labute approximate surface area is 225 Å². The van der Waals surface area contributed by atoms with Crippen LogP contribution in [0.3, 0.4) is 0 Å². The number of esters is 1. The molecule has 0 spiro atoms. The van der Waals surface area contributed by atoms with Gasteiger partial charge in [-0.15, -0.1) is 0 Å². The van der Waals surface area contributed by atoms with Crippen molar-refractivity contribution in [3.05, 3.63) is 77.4 Å². The summed E-state index contributed by atoms with van der Waals surface area (Å²) in [6, 6.07) is 14.0. The fourth-order valence-electron chi connectivity index (χ4n) is 4.33. The summed E-state index contributed by atoms with van der Waals surface area (Å²) in [6.45, 7) is 4.31. The van der Waals surface area contributed by atoms with Crippen LogP contribution >= 0.6 is 0 Å². The molecule has 0 bridgehead atoms. The number of nitrogens with zero attached hydrogens (tertiary/aromatic N) is 4. The molecule has 11 heteroatoms. The largest absolute Gasteiger partial charge is 0.460 e. The summed E-state index contributed by atoms with van der Waals surface area (Å²) in [7, 11) is 1.49. The summed E-state index contributed by atoms with van der Waals surface area (Å²) >= 11 is 0. The van der Waals surface area contributed by atoms with Gasteiger partial charge in [-0.3, -0.25) is 4.79 Å². The molecule has 2 heterocycles. The minimum Gasteiger partial charge on any atom is -0.460 e. The van der Waals surface area contributed by atoms with Crippen molar-refractivity contribution in [3.63, 3.8) is 0 Å². The van der Waals surface area contributed by atoms with Crippen LogP contribution in [0.1, 0.15) is 33.5 Å². The Morgan fingerprint density at radius 1 is 1.05 bits per heavy atom. The first-order valence-electron chi connectivity index (χ1n) is 12.5. The van der Waals surface area contributed by atoms with E-state index in [1.807, 2.05) is 37.3 Å². The second-order valence-corrected chi connectivity index (χ2v) is 9.09. The first-order valence-corrected chi connectivity index (χ1v) is 12.5. The van der Waals surface area contributed by atoms with Crippen LogP contribution in [0.15, 0.2) is 54.6 Å². The highest BCUT2D eigenvalue weighted by Gasteiger charge is 2.34. The monoisotopic (exact) mass is 535 g/mol. The zero-order valence-electron chi connectivity index (χ0n) is 22.0. The quantitative estimate of drug-likeness (QED) is 0.362. The number of aryl methyl sites for hydroxylation is 1. The molecule has 1 N–H and O–H groups in total. The molecule has 0 saturated carbocycles. The lowest BCUT2D eigenvalue weighted by Gasteiger charge is -2.39. The molecule has 1 unspecified atom stereocenters. The number of carbonyl (C=O) groups is 3. The number of urea groups is 1. The van der Waals surface area contributed by atoms with Crippen molar-refractivity contribution in [2.45, 2.75) is 19.9 Å². The second-order valence-electron chi connectivity index (χ2n) is 9.09. The normalized spacial score (nSPS) is 15.1. The van der Waals surface area contributed by atoms with Gasteiger partial charge in [0.1, 0.15) is 23.7 Å². The third-order valence-electron chi connectivity index (χ3n) is 6.30. The van der Waals surface area contributed by atoms with Crippen molar-refractivity contribution in [2.24, 2.45) is 0 Å². The molecule has 39 heavy (non-hydrogen) atoms. The number of aromatic nitrogens is 2. The topological polar surface area (TPSA) is 114 Å². The first kappa shape index (κ1) is 27.6. The van der Waals surface area contributed by atoms with Gasteiger partial charge in [0.2, 0.25) is 0 Å². The van der Waals surface area contributed by atoms with E-state index in [0.717, 1.165) is 0 Å². The SMILES string of the molecule is COCCOC(=O)c1c(C)nc(-c2ccccc2)nc1C(=O)N1CCN(C(=O)Nc2cccc(F)c2)C(C)C1. The molecule has 1 aromatic heterocycles. The zero-order valence-corrected chi connectivity index (χ0v) is 22.0. The molecular formula is C28H30FN5O5. The van der Waals surface area contributed by atoms with E-state index in [9.17, 15) is 18.8 Å². The molecule has 1 aliphatic rings. The number of amides is 3. The van der Waals surface area contributed by atoms with Crippen molar-refractivity contribution in [1.29, 1.82) is 0 Å². The number of methoxy groups -OCH3 is 1. The maximum atomic E-state index is 13.8. The van der Waals surface area contributed by atoms with Gasteiger partial charge in [0, 0.05) is 44.0 Å². The highest BCUT2D eigenvalue weighted by molar-refractivity contribution is 6.05. The third-order valence-corrected chi connectivity index (χ3v) is 6.30. The summed E-state index contributed by atoms with van der Waals surface area (Å²) in [5.74, 6) is -1.32. The number of ether oxygens (including phenoxy) is 2. The molecule has 0 aliphatic carbocycles. The van der Waals surface area contributed by atoms with Gasteiger partial charge in [0.15, 0.2) is 5.82 Å². The molecule has 3 amide bonds. The van der Waals surface area contributed by atoms with Crippen LogP contribution in [-0.2, 0) is 9.47 Å². The fourth-order valence-corrected chi connectivity index (χ4v) is 4.33. The number of hydrogen-bond acceptors (Lipinski definition) is 7. The van der Waals surface area contributed by atoms with Gasteiger partial charge in [-0.1, -0.05) is 36.4 Å². The molecule has 204 valence electrons. The average molecular weight is 536 g/mol. The number of benzene rings is 2. The second kappa shape index (κ2) is 12.4. The van der Waals surface area contributed by atoms with Gasteiger partial charge in [-0.2, -0.15) is 0 Å². The van der Waals surface area contributed by atoms with Crippen LogP contribution in [0.2, 0.25) is 0 Å². The molecule has 0 radical (unpaired) electrons. The Kier molecular flexibility index (Phi) is 8.82. The Morgan fingerprint density at radius 2 is 1.82 bits per heavy atom. The van der Waals surface area contributed by atoms with Crippen LogP contribution in [0.25, 0.3) is 11.4 Å². The van der Waals surface area contributed by atoms with Crippen molar-refractivity contribution < 1.29 is 28.2 Å². The van der Waals surface area contributed by atoms with E-state index in [1.54, 1.807) is 22.8 Å². The maximum absolute atomic E-state index is 13.8. The summed E-state index contributed by atoms with van der Waals surface area (Å²) in [6.07, 6.45) is 0. The van der Waals surface area contributed by atoms with Gasteiger partial charge in [-0.05, 0) is 32.0 Å². The number of nitrogens with one attached hydrogen (secondary N) is 1. The average Bonchev–Trinajstić information content (AvgIpc) is 2.92. The minimum atomic E-state index is -0.714. The number of halogens is 1. The Hall–Kier alpha value is -4.38. The number of piperazine rings is 1. The van der Waals surface area contributed by atoms with Crippen LogP contribution < -0.4 is 5.32 Å². The van der Waals surface area contributed by atoms with Crippen molar-refractivity contribution >= 4 is 23.6 Å². The van der Waals surface area contributed by atoms with Crippen molar-refractivity contribution in [2.75, 3.05) is 45.3 Å². The van der Waals surface area contributed by atoms with Crippen molar-refractivity contribution in [1.82, 2.24) is 19.8 Å². The van der Waals surface area contributed by atoms with E-state index >= 15 is 0 Å². The smallest absolute Gasteiger partial charge is 0.342 e. The summed E-state index contributed by atoms with van der Waals surface area (Å²) < 4.78 is 23.8.